The first-order chi connectivity index (χ1) is 13.6. The van der Waals surface area contributed by atoms with E-state index in [9.17, 15) is 28.9 Å². The number of ether oxygens (including phenoxy) is 2. The number of nitro groups is 1. The maximum Gasteiger partial charge on any atom is 0.355 e. The standard InChI is InChI=1S/C18H18FN3O7/c1-4-28-17(24)15-9(2)16(20-10(15)3)18(25)29-8-14(23)21-12-6-5-11(19)7-13(12)22(26)27/h5-7,20H,4,8H2,1-3H3,(H,21,23). The molecule has 1 heterocycles. The van der Waals surface area contributed by atoms with Gasteiger partial charge in [-0.1, -0.05) is 0 Å². The van der Waals surface area contributed by atoms with E-state index in [2.05, 4.69) is 10.3 Å². The zero-order chi connectivity index (χ0) is 21.7. The Morgan fingerprint density at radius 1 is 1.21 bits per heavy atom. The van der Waals surface area contributed by atoms with E-state index in [-0.39, 0.29) is 23.6 Å². The lowest BCUT2D eigenvalue weighted by molar-refractivity contribution is -0.384. The van der Waals surface area contributed by atoms with Crippen molar-refractivity contribution in [2.75, 3.05) is 18.5 Å². The largest absolute Gasteiger partial charge is 0.462 e. The van der Waals surface area contributed by atoms with Crippen LogP contribution >= 0.6 is 0 Å². The van der Waals surface area contributed by atoms with Crippen LogP contribution in [0, 0.1) is 29.8 Å². The van der Waals surface area contributed by atoms with Crippen LogP contribution in [0.2, 0.25) is 0 Å². The maximum atomic E-state index is 13.1. The van der Waals surface area contributed by atoms with Crippen LogP contribution in [0.4, 0.5) is 15.8 Å². The second kappa shape index (κ2) is 8.95. The molecule has 2 aromatic rings. The van der Waals surface area contributed by atoms with Gasteiger partial charge in [0.2, 0.25) is 0 Å². The molecule has 0 saturated carbocycles. The Morgan fingerprint density at radius 3 is 2.52 bits per heavy atom. The molecule has 2 N–H and O–H groups in total. The van der Waals surface area contributed by atoms with Gasteiger partial charge in [-0.05, 0) is 38.5 Å². The summed E-state index contributed by atoms with van der Waals surface area (Å²) >= 11 is 0. The molecule has 0 atom stereocenters. The summed E-state index contributed by atoms with van der Waals surface area (Å²) in [6.45, 7) is 4.16. The lowest BCUT2D eigenvalue weighted by Gasteiger charge is -2.07. The summed E-state index contributed by atoms with van der Waals surface area (Å²) in [5.74, 6) is -3.19. The van der Waals surface area contributed by atoms with Crippen molar-refractivity contribution < 1.29 is 33.2 Å². The molecule has 11 heteroatoms. The highest BCUT2D eigenvalue weighted by Crippen LogP contribution is 2.25. The quantitative estimate of drug-likeness (QED) is 0.408. The summed E-state index contributed by atoms with van der Waals surface area (Å²) in [5.41, 5.74) is 0.00432. The van der Waals surface area contributed by atoms with Gasteiger partial charge in [-0.2, -0.15) is 0 Å². The first-order valence-corrected chi connectivity index (χ1v) is 8.42. The van der Waals surface area contributed by atoms with E-state index in [1.807, 2.05) is 0 Å². The van der Waals surface area contributed by atoms with Crippen molar-refractivity contribution in [1.29, 1.82) is 0 Å². The summed E-state index contributed by atoms with van der Waals surface area (Å²) in [6.07, 6.45) is 0. The topological polar surface area (TPSA) is 141 Å². The lowest BCUT2D eigenvalue weighted by Crippen LogP contribution is -2.22. The molecule has 1 amide bonds. The average Bonchev–Trinajstić information content (AvgIpc) is 2.95. The molecule has 0 bridgehead atoms. The zero-order valence-corrected chi connectivity index (χ0v) is 15.8. The van der Waals surface area contributed by atoms with Gasteiger partial charge in [0.1, 0.15) is 17.2 Å². The Labute approximate surface area is 164 Å². The van der Waals surface area contributed by atoms with Crippen LogP contribution in [0.15, 0.2) is 18.2 Å². The number of aryl methyl sites for hydroxylation is 1. The van der Waals surface area contributed by atoms with E-state index < -0.39 is 40.9 Å². The Balaban J connectivity index is 2.07. The monoisotopic (exact) mass is 407 g/mol. The van der Waals surface area contributed by atoms with Crippen LogP contribution in [-0.4, -0.2) is 41.0 Å². The number of benzene rings is 1. The number of nitrogens with one attached hydrogen (secondary N) is 2. The maximum absolute atomic E-state index is 13.1. The summed E-state index contributed by atoms with van der Waals surface area (Å²) in [5, 5.41) is 13.1. The first kappa shape index (κ1) is 21.5. The van der Waals surface area contributed by atoms with Crippen LogP contribution in [0.5, 0.6) is 0 Å². The van der Waals surface area contributed by atoms with E-state index in [1.54, 1.807) is 13.8 Å². The summed E-state index contributed by atoms with van der Waals surface area (Å²) in [6, 6.07) is 2.62. The molecule has 0 aliphatic heterocycles. The van der Waals surface area contributed by atoms with E-state index in [0.717, 1.165) is 12.1 Å². The van der Waals surface area contributed by atoms with Gasteiger partial charge in [-0.15, -0.1) is 0 Å². The van der Waals surface area contributed by atoms with E-state index in [1.165, 1.54) is 6.92 Å². The SMILES string of the molecule is CCOC(=O)c1c(C)[nH]c(C(=O)OCC(=O)Nc2ccc(F)cc2[N+](=O)[O-])c1C. The van der Waals surface area contributed by atoms with Crippen molar-refractivity contribution in [2.24, 2.45) is 0 Å². The number of aromatic amines is 1. The number of nitrogens with zero attached hydrogens (tertiary/aromatic N) is 1. The van der Waals surface area contributed by atoms with E-state index in [0.29, 0.717) is 17.3 Å². The number of H-pyrrole nitrogens is 1. The molecule has 0 spiro atoms. The van der Waals surface area contributed by atoms with Crippen LogP contribution in [0.25, 0.3) is 0 Å². The number of rotatable bonds is 7. The molecule has 29 heavy (non-hydrogen) atoms. The molecular weight excluding hydrogens is 389 g/mol. The van der Waals surface area contributed by atoms with Gasteiger partial charge >= 0.3 is 11.9 Å². The fourth-order valence-corrected chi connectivity index (χ4v) is 2.61. The van der Waals surface area contributed by atoms with Gasteiger partial charge in [0, 0.05) is 5.69 Å². The van der Waals surface area contributed by atoms with Gasteiger partial charge in [0.05, 0.1) is 23.2 Å². The predicted octanol–water partition coefficient (Wildman–Crippen LogP) is 2.65. The second-order valence-electron chi connectivity index (χ2n) is 5.89. The molecule has 2 rings (SSSR count). The number of hydrogen-bond donors (Lipinski definition) is 2. The van der Waals surface area contributed by atoms with E-state index >= 15 is 0 Å². The number of esters is 2. The Morgan fingerprint density at radius 2 is 1.90 bits per heavy atom. The van der Waals surface area contributed by atoms with Gasteiger partial charge < -0.3 is 19.8 Å². The molecule has 10 nitrogen and oxygen atoms in total. The minimum absolute atomic E-state index is 0.0221. The molecular formula is C18H18FN3O7. The molecule has 0 unspecified atom stereocenters. The van der Waals surface area contributed by atoms with Crippen LogP contribution < -0.4 is 5.32 Å². The van der Waals surface area contributed by atoms with E-state index in [4.69, 9.17) is 9.47 Å². The second-order valence-corrected chi connectivity index (χ2v) is 5.89. The average molecular weight is 407 g/mol. The Kier molecular flexibility index (Phi) is 6.65. The third-order valence-corrected chi connectivity index (χ3v) is 3.89. The molecule has 0 saturated heterocycles. The fourth-order valence-electron chi connectivity index (χ4n) is 2.61. The highest BCUT2D eigenvalue weighted by atomic mass is 19.1. The van der Waals surface area contributed by atoms with Gasteiger partial charge in [-0.25, -0.2) is 14.0 Å². The molecule has 0 fully saturated rings. The number of aromatic nitrogens is 1. The van der Waals surface area contributed by atoms with Crippen molar-refractivity contribution in [3.8, 4) is 0 Å². The first-order valence-electron chi connectivity index (χ1n) is 8.42. The third-order valence-electron chi connectivity index (χ3n) is 3.89. The van der Waals surface area contributed by atoms with Gasteiger partial charge in [-0.3, -0.25) is 14.9 Å². The Hall–Kier alpha value is -3.76. The van der Waals surface area contributed by atoms with Crippen molar-refractivity contribution in [1.82, 2.24) is 4.98 Å². The van der Waals surface area contributed by atoms with Gasteiger partial charge in [0.25, 0.3) is 11.6 Å². The van der Waals surface area contributed by atoms with Crippen molar-refractivity contribution in [2.45, 2.75) is 20.8 Å². The molecule has 0 aliphatic carbocycles. The molecule has 1 aromatic carbocycles. The number of amides is 1. The third kappa shape index (κ3) is 4.94. The minimum Gasteiger partial charge on any atom is -0.462 e. The van der Waals surface area contributed by atoms with Crippen LogP contribution in [-0.2, 0) is 14.3 Å². The van der Waals surface area contributed by atoms with Crippen molar-refractivity contribution >= 4 is 29.2 Å². The number of halogens is 1. The number of anilines is 1. The summed E-state index contributed by atoms with van der Waals surface area (Å²) < 4.78 is 23.0. The number of carbonyl (C=O) groups excluding carboxylic acids is 3. The lowest BCUT2D eigenvalue weighted by atomic mass is 10.1. The highest BCUT2D eigenvalue weighted by Gasteiger charge is 2.24. The van der Waals surface area contributed by atoms with Crippen LogP contribution in [0.3, 0.4) is 0 Å². The molecule has 0 radical (unpaired) electrons. The number of hydrogen-bond acceptors (Lipinski definition) is 7. The Bertz CT molecular complexity index is 984. The summed E-state index contributed by atoms with van der Waals surface area (Å²) in [4.78, 5) is 49.0. The smallest absolute Gasteiger partial charge is 0.355 e. The highest BCUT2D eigenvalue weighted by molar-refractivity contribution is 6.00. The van der Waals surface area contributed by atoms with Crippen molar-refractivity contribution in [3.05, 3.63) is 56.6 Å². The number of nitro benzene ring substituents is 1. The van der Waals surface area contributed by atoms with Gasteiger partial charge in [0.15, 0.2) is 6.61 Å². The minimum atomic E-state index is -0.898. The number of carbonyl (C=O) groups is 3. The van der Waals surface area contributed by atoms with Crippen LogP contribution in [0.1, 0.15) is 39.0 Å². The molecule has 154 valence electrons. The fraction of sp³-hybridized carbons (Fsp3) is 0.278. The normalized spacial score (nSPS) is 10.3. The summed E-state index contributed by atoms with van der Waals surface area (Å²) in [7, 11) is 0. The molecule has 0 aliphatic rings. The zero-order valence-electron chi connectivity index (χ0n) is 15.8. The molecule has 1 aromatic heterocycles. The van der Waals surface area contributed by atoms with Crippen molar-refractivity contribution in [3.63, 3.8) is 0 Å². The predicted molar refractivity (Wildman–Crippen MR) is 98.2 cm³/mol.